The molecule has 0 saturated heterocycles. The molecule has 0 aliphatic heterocycles. The zero-order valence-corrected chi connectivity index (χ0v) is 73.1. The lowest BCUT2D eigenvalue weighted by Gasteiger charge is -2.04. The maximum atomic E-state index is 4.53. The quantitative estimate of drug-likeness (QED) is 0.121. The molecule has 0 bridgehead atoms. The Balaban J connectivity index is 0.00000114. The van der Waals surface area contributed by atoms with Crippen LogP contribution in [0.4, 0.5) is 0 Å². The number of rotatable bonds is 11. The maximum absolute atomic E-state index is 4.53. The van der Waals surface area contributed by atoms with Gasteiger partial charge in [0.05, 0.1) is 35.9 Å². The summed E-state index contributed by atoms with van der Waals surface area (Å²) in [5, 5.41) is 25.7. The summed E-state index contributed by atoms with van der Waals surface area (Å²) in [6.07, 6.45) is 9.26. The largest absolute Gasteiger partial charge is 0.261 e. The SMILES string of the molecule is C.C.CC(C)c1ccccn1.CC(C)c1cccnn1.CC(C)c1nc2ccccc2s1.CC(C)c1nccs1.Cc1cccc(C(C)C)c1.Cc1cccc(C(C)C)c1.Cc1cccc(C(C)C)n1.Cc1cnc(C(C)C)s1.Cc1nc(C(C)C)ns1.Cc1ncc(C(C)C)s1.Cc1nnc(C(C)C)s1. The number of hydrogen-bond acceptors (Lipinski definition) is 18. The van der Waals surface area contributed by atoms with Gasteiger partial charge in [0.2, 0.25) is 0 Å². The molecular formula is C88H132N12S6. The van der Waals surface area contributed by atoms with Crippen molar-refractivity contribution >= 4 is 78.4 Å². The Bertz CT molecular complexity index is 3730. The normalized spacial score (nSPS) is 10.3. The van der Waals surface area contributed by atoms with Crippen LogP contribution in [-0.2, 0) is 0 Å². The number of thiazole rings is 4. The zero-order chi connectivity index (χ0) is 78.0. The zero-order valence-electron chi connectivity index (χ0n) is 68.2. The van der Waals surface area contributed by atoms with E-state index in [-0.39, 0.29) is 14.9 Å². The second kappa shape index (κ2) is 54.5. The van der Waals surface area contributed by atoms with Gasteiger partial charge in [-0.25, -0.2) is 24.9 Å². The summed E-state index contributed by atoms with van der Waals surface area (Å²) in [5.41, 5.74) is 11.2. The fourth-order valence-electron chi connectivity index (χ4n) is 8.32. The minimum atomic E-state index is 0. The summed E-state index contributed by atoms with van der Waals surface area (Å²) < 4.78 is 5.44. The third-order valence-corrected chi connectivity index (χ3v) is 21.2. The maximum Gasteiger partial charge on any atom is 0.145 e. The molecule has 12 rings (SSSR count). The number of aryl methyl sites for hydroxylation is 7. The molecule has 0 atom stereocenters. The Hall–Kier alpha value is -7.06. The highest BCUT2D eigenvalue weighted by Crippen LogP contribution is 2.27. The van der Waals surface area contributed by atoms with E-state index in [1.54, 1.807) is 62.9 Å². The van der Waals surface area contributed by atoms with Crippen molar-refractivity contribution in [1.29, 1.82) is 0 Å². The van der Waals surface area contributed by atoms with Crippen LogP contribution in [0, 0.1) is 48.5 Å². The van der Waals surface area contributed by atoms with Gasteiger partial charge in [-0.3, -0.25) is 9.97 Å². The molecule has 3 aromatic carbocycles. The van der Waals surface area contributed by atoms with Crippen LogP contribution in [0.2, 0.25) is 0 Å². The molecule has 12 aromatic rings. The molecule has 9 heterocycles. The van der Waals surface area contributed by atoms with Crippen LogP contribution in [0.25, 0.3) is 10.2 Å². The molecule has 0 fully saturated rings. The number of benzene rings is 3. The fourth-order valence-corrected chi connectivity index (χ4v) is 12.8. The highest BCUT2D eigenvalue weighted by molar-refractivity contribution is 7.18. The Morgan fingerprint density at radius 2 is 0.877 bits per heavy atom. The van der Waals surface area contributed by atoms with E-state index in [9.17, 15) is 0 Å². The average Bonchev–Trinajstić information content (AvgIpc) is 1.69. The first kappa shape index (κ1) is 98.9. The van der Waals surface area contributed by atoms with Crippen molar-refractivity contribution < 1.29 is 0 Å². The molecular weight excluding hydrogens is 1420 g/mol. The van der Waals surface area contributed by atoms with Crippen LogP contribution >= 0.6 is 68.2 Å². The van der Waals surface area contributed by atoms with E-state index < -0.39 is 0 Å². The van der Waals surface area contributed by atoms with Gasteiger partial charge >= 0.3 is 0 Å². The first-order chi connectivity index (χ1) is 49.1. The molecule has 18 heteroatoms. The van der Waals surface area contributed by atoms with Crippen molar-refractivity contribution in [2.75, 3.05) is 0 Å². The molecule has 0 N–H and O–H groups in total. The second-order valence-corrected chi connectivity index (χ2v) is 35.1. The fraction of sp³-hybridized carbons (Fsp3) is 0.477. The minimum Gasteiger partial charge on any atom is -0.261 e. The number of pyridine rings is 2. The van der Waals surface area contributed by atoms with Crippen LogP contribution < -0.4 is 0 Å². The van der Waals surface area contributed by atoms with Gasteiger partial charge in [-0.15, -0.1) is 66.9 Å². The van der Waals surface area contributed by atoms with Gasteiger partial charge in [-0.1, -0.05) is 251 Å². The minimum absolute atomic E-state index is 0. The number of hydrogen-bond donors (Lipinski definition) is 0. The molecule has 0 saturated carbocycles. The number of fused-ring (bicyclic) bond motifs is 1. The van der Waals surface area contributed by atoms with E-state index in [1.165, 1.54) is 74.0 Å². The van der Waals surface area contributed by atoms with Crippen LogP contribution in [0.1, 0.15) is 328 Å². The molecule has 0 amide bonds. The highest BCUT2D eigenvalue weighted by Gasteiger charge is 2.09. The van der Waals surface area contributed by atoms with Crippen LogP contribution in [-0.4, -0.2) is 59.7 Å². The first-order valence-corrected chi connectivity index (χ1v) is 41.4. The van der Waals surface area contributed by atoms with Crippen LogP contribution in [0.15, 0.2) is 158 Å². The van der Waals surface area contributed by atoms with Gasteiger partial charge < -0.3 is 0 Å². The van der Waals surface area contributed by atoms with Crippen molar-refractivity contribution in [3.05, 3.63) is 253 Å². The predicted molar refractivity (Wildman–Crippen MR) is 471 cm³/mol. The number of nitrogens with zero attached hydrogens (tertiary/aromatic N) is 12. The molecule has 0 radical (unpaired) electrons. The van der Waals surface area contributed by atoms with Gasteiger partial charge in [0.1, 0.15) is 20.8 Å². The van der Waals surface area contributed by atoms with E-state index in [4.69, 9.17) is 0 Å². The van der Waals surface area contributed by atoms with E-state index in [1.807, 2.05) is 100 Å². The lowest BCUT2D eigenvalue weighted by atomic mass is 10.0. The Labute approximate surface area is 667 Å². The van der Waals surface area contributed by atoms with Gasteiger partial charge in [0.25, 0.3) is 0 Å². The van der Waals surface area contributed by atoms with Crippen molar-refractivity contribution in [2.45, 2.75) is 281 Å². The standard InChI is InChI=1S/C10H11NS.2C10H14.C9H13N.C8H11N.C7H10N2.2C7H11NS.2C6H10N2S.C6H9NS.2CH4/c1-7(2)10-11-8-5-3-4-6-9(8)12-10;2*1-8(2)10-6-4-5-9(3)7-10;1-7(2)9-6-4-5-8(3)10-9;1-7(2)8-5-3-4-6-9-8;1-6(2)7-4-3-5-8-9-7;1-5(2)7-4-8-6(3)9-7;1-5(2)7-8-4-6(3)9-7;1-4(2)6-8-7-5(3)9-6;1-4(2)6-7-5(3)9-8-6;1-5(2)6-7-3-4-8-6;;/h3-7H,1-2H3;2*4-8H,1-3H3;4-7H,1-3H3;3-7H,1-2H3;3-6H,1-2H3;2*4-5H,1-3H3;2*4H,1-3H3;3-5H,1-2H3;2*1H4. The first-order valence-electron chi connectivity index (χ1n) is 36.5. The third kappa shape index (κ3) is 42.5. The lowest BCUT2D eigenvalue weighted by Crippen LogP contribution is -1.92. The summed E-state index contributed by atoms with van der Waals surface area (Å²) in [5.74, 6) is 7.20. The van der Waals surface area contributed by atoms with E-state index in [2.05, 4.69) is 312 Å². The van der Waals surface area contributed by atoms with Crippen molar-refractivity contribution in [2.24, 2.45) is 0 Å². The lowest BCUT2D eigenvalue weighted by molar-refractivity contribution is 0.785. The molecule has 0 aliphatic carbocycles. The molecule has 9 aromatic heterocycles. The molecule has 106 heavy (non-hydrogen) atoms. The predicted octanol–water partition coefficient (Wildman–Crippen LogP) is 28.6. The number of para-hydroxylation sites is 1. The van der Waals surface area contributed by atoms with E-state index in [0.29, 0.717) is 65.1 Å². The summed E-state index contributed by atoms with van der Waals surface area (Å²) in [6, 6.07) is 41.6. The van der Waals surface area contributed by atoms with Gasteiger partial charge in [0.15, 0.2) is 0 Å². The Morgan fingerprint density at radius 1 is 0.330 bits per heavy atom. The van der Waals surface area contributed by atoms with E-state index in [0.717, 1.165) is 43.4 Å². The molecule has 0 spiro atoms. The summed E-state index contributed by atoms with van der Waals surface area (Å²) in [4.78, 5) is 32.5. The van der Waals surface area contributed by atoms with Gasteiger partial charge in [0, 0.05) is 92.8 Å². The Kier molecular flexibility index (Phi) is 50.9. The third-order valence-electron chi connectivity index (χ3n) is 14.6. The van der Waals surface area contributed by atoms with Crippen molar-refractivity contribution in [3.8, 4) is 0 Å². The van der Waals surface area contributed by atoms with Crippen molar-refractivity contribution in [3.63, 3.8) is 0 Å². The second-order valence-electron chi connectivity index (χ2n) is 28.4. The smallest absolute Gasteiger partial charge is 0.145 e. The molecule has 0 aliphatic rings. The summed E-state index contributed by atoms with van der Waals surface area (Å²) >= 11 is 10.2. The number of aromatic nitrogens is 12. The molecule has 580 valence electrons. The monoisotopic (exact) mass is 1550 g/mol. The van der Waals surface area contributed by atoms with Gasteiger partial charge in [-0.05, 0) is 155 Å². The Morgan fingerprint density at radius 3 is 1.18 bits per heavy atom. The topological polar surface area (TPSA) is 155 Å². The van der Waals surface area contributed by atoms with Crippen molar-refractivity contribution in [1.82, 2.24) is 59.7 Å². The van der Waals surface area contributed by atoms with Crippen LogP contribution in [0.5, 0.6) is 0 Å². The van der Waals surface area contributed by atoms with Crippen LogP contribution in [0.3, 0.4) is 0 Å². The molecule has 12 nitrogen and oxygen atoms in total. The summed E-state index contributed by atoms with van der Waals surface area (Å²) in [7, 11) is 0. The summed E-state index contributed by atoms with van der Waals surface area (Å²) in [6.45, 7) is 61.8. The molecule has 0 unspecified atom stereocenters. The van der Waals surface area contributed by atoms with E-state index >= 15 is 0 Å². The average molecular weight is 1550 g/mol. The van der Waals surface area contributed by atoms with Gasteiger partial charge in [-0.2, -0.15) is 14.6 Å². The highest BCUT2D eigenvalue weighted by atomic mass is 32.1.